The van der Waals surface area contributed by atoms with Crippen molar-refractivity contribution in [3.63, 3.8) is 0 Å². The molecule has 0 aliphatic rings. The van der Waals surface area contributed by atoms with Crippen LogP contribution in [-0.4, -0.2) is 41.5 Å². The first-order valence-corrected chi connectivity index (χ1v) is 6.36. The molecule has 9 heteroatoms. The monoisotopic (exact) mass is 292 g/mol. The molecule has 2 rings (SSSR count). The highest BCUT2D eigenvalue weighted by atomic mass is 16.4. The quantitative estimate of drug-likeness (QED) is 0.786. The maximum atomic E-state index is 11.8. The molecule has 0 aliphatic heterocycles. The van der Waals surface area contributed by atoms with E-state index in [1.807, 2.05) is 19.9 Å². The van der Waals surface area contributed by atoms with Gasteiger partial charge in [-0.3, -0.25) is 19.6 Å². The third kappa shape index (κ3) is 4.13. The minimum absolute atomic E-state index is 0.0922. The number of nitrogens with one attached hydrogen (secondary N) is 1. The second-order valence-corrected chi connectivity index (χ2v) is 4.61. The summed E-state index contributed by atoms with van der Waals surface area (Å²) in [7, 11) is 0. The maximum Gasteiger partial charge on any atom is 0.325 e. The van der Waals surface area contributed by atoms with E-state index in [4.69, 9.17) is 5.11 Å². The van der Waals surface area contributed by atoms with Crippen LogP contribution < -0.4 is 5.32 Å². The molecule has 21 heavy (non-hydrogen) atoms. The molecule has 2 aromatic heterocycles. The van der Waals surface area contributed by atoms with Gasteiger partial charge in [0.1, 0.15) is 12.9 Å². The van der Waals surface area contributed by atoms with Crippen LogP contribution in [0.25, 0.3) is 0 Å². The minimum atomic E-state index is -1.03. The summed E-state index contributed by atoms with van der Waals surface area (Å²) >= 11 is 0. The van der Waals surface area contributed by atoms with Crippen LogP contribution in [0.15, 0.2) is 12.4 Å². The Hall–Kier alpha value is -2.71. The molecule has 2 heterocycles. The van der Waals surface area contributed by atoms with E-state index in [1.54, 1.807) is 4.68 Å². The number of carboxylic acid groups (broad SMARTS) is 1. The van der Waals surface area contributed by atoms with Crippen molar-refractivity contribution in [2.24, 2.45) is 0 Å². The second-order valence-electron chi connectivity index (χ2n) is 4.61. The summed E-state index contributed by atoms with van der Waals surface area (Å²) in [6, 6.07) is 1.94. The maximum absolute atomic E-state index is 11.8. The smallest absolute Gasteiger partial charge is 0.325 e. The van der Waals surface area contributed by atoms with Crippen LogP contribution in [0.1, 0.15) is 17.8 Å². The molecule has 0 radical (unpaired) electrons. The number of amides is 1. The van der Waals surface area contributed by atoms with Gasteiger partial charge in [-0.15, -0.1) is 5.10 Å². The van der Waals surface area contributed by atoms with Gasteiger partial charge in [0, 0.05) is 18.7 Å². The molecule has 0 saturated heterocycles. The van der Waals surface area contributed by atoms with Crippen LogP contribution in [0.2, 0.25) is 0 Å². The molecule has 0 spiro atoms. The third-order valence-corrected chi connectivity index (χ3v) is 2.74. The Bertz CT molecular complexity index is 660. The van der Waals surface area contributed by atoms with E-state index in [9.17, 15) is 9.59 Å². The molecule has 0 bridgehead atoms. The molecule has 1 amide bonds. The number of aliphatic carboxylic acids is 1. The lowest BCUT2D eigenvalue weighted by Gasteiger charge is -2.04. The fourth-order valence-electron chi connectivity index (χ4n) is 1.86. The highest BCUT2D eigenvalue weighted by molar-refractivity contribution is 5.88. The topological polar surface area (TPSA) is 115 Å². The van der Waals surface area contributed by atoms with Gasteiger partial charge in [0.15, 0.2) is 0 Å². The number of carbonyl (C=O) groups excluding carboxylic acids is 1. The fourth-order valence-corrected chi connectivity index (χ4v) is 1.86. The van der Waals surface area contributed by atoms with E-state index >= 15 is 0 Å². The Balaban J connectivity index is 1.85. The number of rotatable bonds is 6. The Kier molecular flexibility index (Phi) is 4.31. The third-order valence-electron chi connectivity index (χ3n) is 2.74. The lowest BCUT2D eigenvalue weighted by molar-refractivity contribution is -0.137. The Morgan fingerprint density at radius 3 is 2.71 bits per heavy atom. The van der Waals surface area contributed by atoms with Crippen LogP contribution in [-0.2, 0) is 22.7 Å². The summed E-state index contributed by atoms with van der Waals surface area (Å²) in [4.78, 5) is 26.1. The summed E-state index contributed by atoms with van der Waals surface area (Å²) in [5.74, 6) is -1.19. The van der Waals surface area contributed by atoms with Gasteiger partial charge in [0.25, 0.3) is 0 Å². The van der Waals surface area contributed by atoms with Gasteiger partial charge >= 0.3 is 5.97 Å². The Labute approximate surface area is 120 Å². The number of hydrogen-bond donors (Lipinski definition) is 2. The van der Waals surface area contributed by atoms with E-state index in [0.29, 0.717) is 6.54 Å². The normalized spacial score (nSPS) is 10.6. The van der Waals surface area contributed by atoms with Gasteiger partial charge in [0.05, 0.1) is 5.69 Å². The zero-order valence-corrected chi connectivity index (χ0v) is 11.8. The molecule has 2 N–H and O–H groups in total. The Morgan fingerprint density at radius 1 is 1.33 bits per heavy atom. The highest BCUT2D eigenvalue weighted by Crippen LogP contribution is 2.04. The highest BCUT2D eigenvalue weighted by Gasteiger charge is 2.09. The van der Waals surface area contributed by atoms with Crippen molar-refractivity contribution in [3.05, 3.63) is 23.8 Å². The summed E-state index contributed by atoms with van der Waals surface area (Å²) in [5.41, 5.74) is 1.89. The van der Waals surface area contributed by atoms with E-state index in [-0.39, 0.29) is 24.8 Å². The zero-order valence-electron chi connectivity index (χ0n) is 11.8. The van der Waals surface area contributed by atoms with Crippen LogP contribution in [0.5, 0.6) is 0 Å². The molecule has 2 aromatic rings. The average Bonchev–Trinajstić information content (AvgIpc) is 2.93. The number of hydrogen-bond acceptors (Lipinski definition) is 5. The predicted molar refractivity (Wildman–Crippen MR) is 72.6 cm³/mol. The van der Waals surface area contributed by atoms with Crippen molar-refractivity contribution < 1.29 is 14.7 Å². The lowest BCUT2D eigenvalue weighted by atomic mass is 10.3. The van der Waals surface area contributed by atoms with Crippen molar-refractivity contribution in [2.45, 2.75) is 33.4 Å². The van der Waals surface area contributed by atoms with E-state index in [0.717, 1.165) is 16.1 Å². The number of carboxylic acids is 1. The summed E-state index contributed by atoms with van der Waals surface area (Å²) in [6.45, 7) is 3.98. The van der Waals surface area contributed by atoms with Gasteiger partial charge in [-0.1, -0.05) is 0 Å². The van der Waals surface area contributed by atoms with Crippen LogP contribution in [0.4, 0.5) is 5.95 Å². The molecule has 0 aliphatic carbocycles. The summed E-state index contributed by atoms with van der Waals surface area (Å²) < 4.78 is 2.89. The second kappa shape index (κ2) is 6.16. The number of carbonyl (C=O) groups is 2. The molecule has 0 atom stereocenters. The Morgan fingerprint density at radius 2 is 2.10 bits per heavy atom. The van der Waals surface area contributed by atoms with E-state index < -0.39 is 5.97 Å². The standard InChI is InChI=1S/C12H16N6O3/c1-8-5-9(2)18(15-8)4-3-10(19)14-12-13-7-17(16-12)6-11(20)21/h5,7H,3-4,6H2,1-2H3,(H,20,21)(H,14,16,19). The summed E-state index contributed by atoms with van der Waals surface area (Å²) in [6.07, 6.45) is 1.49. The minimum Gasteiger partial charge on any atom is -0.480 e. The SMILES string of the molecule is Cc1cc(C)n(CCC(=O)Nc2ncn(CC(=O)O)n2)n1. The largest absolute Gasteiger partial charge is 0.480 e. The first-order valence-electron chi connectivity index (χ1n) is 6.36. The molecule has 9 nitrogen and oxygen atoms in total. The first kappa shape index (κ1) is 14.7. The number of aromatic nitrogens is 5. The van der Waals surface area contributed by atoms with Crippen LogP contribution in [0, 0.1) is 13.8 Å². The van der Waals surface area contributed by atoms with Crippen LogP contribution in [0.3, 0.4) is 0 Å². The zero-order chi connectivity index (χ0) is 15.4. The number of aryl methyl sites for hydroxylation is 3. The van der Waals surface area contributed by atoms with E-state index in [2.05, 4.69) is 20.5 Å². The molecule has 0 saturated carbocycles. The molecule has 0 unspecified atom stereocenters. The lowest BCUT2D eigenvalue weighted by Crippen LogP contribution is -2.17. The van der Waals surface area contributed by atoms with Crippen LogP contribution >= 0.6 is 0 Å². The van der Waals surface area contributed by atoms with Crippen molar-refractivity contribution in [1.82, 2.24) is 24.5 Å². The molecule has 112 valence electrons. The van der Waals surface area contributed by atoms with Crippen molar-refractivity contribution in [2.75, 3.05) is 5.32 Å². The van der Waals surface area contributed by atoms with Gasteiger partial charge in [-0.2, -0.15) is 5.10 Å². The number of anilines is 1. The average molecular weight is 292 g/mol. The van der Waals surface area contributed by atoms with Gasteiger partial charge in [-0.25, -0.2) is 9.67 Å². The molecule has 0 aromatic carbocycles. The summed E-state index contributed by atoms with van der Waals surface area (Å²) in [5, 5.41) is 19.2. The number of nitrogens with zero attached hydrogens (tertiary/aromatic N) is 5. The van der Waals surface area contributed by atoms with Crippen molar-refractivity contribution >= 4 is 17.8 Å². The first-order chi connectivity index (χ1) is 9.94. The van der Waals surface area contributed by atoms with E-state index in [1.165, 1.54) is 6.33 Å². The van der Waals surface area contributed by atoms with Crippen molar-refractivity contribution in [3.8, 4) is 0 Å². The van der Waals surface area contributed by atoms with Gasteiger partial charge < -0.3 is 5.11 Å². The molecular formula is C12H16N6O3. The van der Waals surface area contributed by atoms with Gasteiger partial charge in [-0.05, 0) is 19.9 Å². The van der Waals surface area contributed by atoms with Gasteiger partial charge in [0.2, 0.25) is 11.9 Å². The predicted octanol–water partition coefficient (Wildman–Crippen LogP) is 0.205. The fraction of sp³-hybridized carbons (Fsp3) is 0.417. The molecular weight excluding hydrogens is 276 g/mol. The van der Waals surface area contributed by atoms with Crippen molar-refractivity contribution in [1.29, 1.82) is 0 Å². The molecule has 0 fully saturated rings.